The lowest BCUT2D eigenvalue weighted by atomic mass is 9.96. The first-order valence-corrected chi connectivity index (χ1v) is 8.04. The summed E-state index contributed by atoms with van der Waals surface area (Å²) in [5, 5.41) is 2.74. The van der Waals surface area contributed by atoms with Crippen LogP contribution in [0.3, 0.4) is 0 Å². The number of halogens is 3. The minimum absolute atomic E-state index is 0. The van der Waals surface area contributed by atoms with Gasteiger partial charge in [0.05, 0.1) is 11.5 Å². The van der Waals surface area contributed by atoms with E-state index in [0.717, 1.165) is 12.8 Å². The van der Waals surface area contributed by atoms with E-state index in [1.165, 1.54) is 12.1 Å². The van der Waals surface area contributed by atoms with Crippen molar-refractivity contribution in [3.8, 4) is 0 Å². The maximum Gasteiger partial charge on any atom is 0.256 e. The molecule has 1 aliphatic heterocycles. The molecule has 1 unspecified atom stereocenters. The SMILES string of the molecule is Cl.NCCNC(=O)C1CCCN(C(=O)c2cc(Br)ccc2F)C1. The Labute approximate surface area is 149 Å². The number of hydrogen-bond acceptors (Lipinski definition) is 3. The first-order valence-electron chi connectivity index (χ1n) is 7.25. The Morgan fingerprint density at radius 3 is 2.87 bits per heavy atom. The van der Waals surface area contributed by atoms with Gasteiger partial charge in [-0.2, -0.15) is 0 Å². The van der Waals surface area contributed by atoms with E-state index >= 15 is 0 Å². The number of likely N-dealkylation sites (tertiary alicyclic amines) is 1. The quantitative estimate of drug-likeness (QED) is 0.799. The van der Waals surface area contributed by atoms with Crippen LogP contribution in [-0.2, 0) is 4.79 Å². The molecular weight excluding hydrogens is 389 g/mol. The number of amides is 2. The van der Waals surface area contributed by atoms with E-state index in [4.69, 9.17) is 5.73 Å². The van der Waals surface area contributed by atoms with Crippen LogP contribution in [0, 0.1) is 11.7 Å². The van der Waals surface area contributed by atoms with Crippen molar-refractivity contribution < 1.29 is 14.0 Å². The number of piperidine rings is 1. The van der Waals surface area contributed by atoms with Gasteiger partial charge in [0, 0.05) is 30.7 Å². The fraction of sp³-hybridized carbons (Fsp3) is 0.467. The van der Waals surface area contributed by atoms with Crippen molar-refractivity contribution in [1.29, 1.82) is 0 Å². The molecule has 128 valence electrons. The smallest absolute Gasteiger partial charge is 0.256 e. The fourth-order valence-electron chi connectivity index (χ4n) is 2.55. The Bertz CT molecular complexity index is 574. The number of benzene rings is 1. The number of carbonyl (C=O) groups excluding carboxylic acids is 2. The van der Waals surface area contributed by atoms with Crippen LogP contribution in [0.5, 0.6) is 0 Å². The summed E-state index contributed by atoms with van der Waals surface area (Å²) in [5.41, 5.74) is 5.39. The lowest BCUT2D eigenvalue weighted by Crippen LogP contribution is -2.46. The van der Waals surface area contributed by atoms with Crippen molar-refractivity contribution >= 4 is 40.2 Å². The van der Waals surface area contributed by atoms with Crippen molar-refractivity contribution in [3.63, 3.8) is 0 Å². The zero-order chi connectivity index (χ0) is 16.1. The second kappa shape index (κ2) is 9.20. The van der Waals surface area contributed by atoms with Gasteiger partial charge >= 0.3 is 0 Å². The number of rotatable bonds is 4. The third kappa shape index (κ3) is 5.16. The van der Waals surface area contributed by atoms with Gasteiger partial charge in [-0.25, -0.2) is 4.39 Å². The third-order valence-corrected chi connectivity index (χ3v) is 4.18. The normalized spacial score (nSPS) is 17.3. The monoisotopic (exact) mass is 407 g/mol. The van der Waals surface area contributed by atoms with Gasteiger partial charge in [-0.1, -0.05) is 15.9 Å². The molecule has 1 heterocycles. The highest BCUT2D eigenvalue weighted by molar-refractivity contribution is 9.10. The molecule has 1 saturated heterocycles. The molecule has 0 spiro atoms. The number of hydrogen-bond donors (Lipinski definition) is 2. The van der Waals surface area contributed by atoms with Gasteiger partial charge in [-0.05, 0) is 31.0 Å². The van der Waals surface area contributed by atoms with Crippen LogP contribution in [0.25, 0.3) is 0 Å². The lowest BCUT2D eigenvalue weighted by Gasteiger charge is -2.32. The molecule has 0 bridgehead atoms. The van der Waals surface area contributed by atoms with Gasteiger partial charge in [0.2, 0.25) is 5.91 Å². The third-order valence-electron chi connectivity index (χ3n) is 3.68. The minimum atomic E-state index is -0.553. The standard InChI is InChI=1S/C15H19BrFN3O2.ClH/c16-11-3-4-13(17)12(8-11)15(22)20-7-1-2-10(9-20)14(21)19-6-5-18;/h3-4,8,10H,1-2,5-7,9,18H2,(H,19,21);1H. The van der Waals surface area contributed by atoms with E-state index in [0.29, 0.717) is 30.7 Å². The van der Waals surface area contributed by atoms with E-state index in [1.807, 2.05) is 0 Å². The van der Waals surface area contributed by atoms with Gasteiger partial charge in [-0.3, -0.25) is 9.59 Å². The molecular formula is C15H20BrClFN3O2. The predicted molar refractivity (Wildman–Crippen MR) is 92.0 cm³/mol. The molecule has 3 N–H and O–H groups in total. The maximum absolute atomic E-state index is 13.8. The molecule has 2 amide bonds. The molecule has 5 nitrogen and oxygen atoms in total. The van der Waals surface area contributed by atoms with Gasteiger partial charge < -0.3 is 16.0 Å². The highest BCUT2D eigenvalue weighted by Crippen LogP contribution is 2.22. The largest absolute Gasteiger partial charge is 0.355 e. The summed E-state index contributed by atoms with van der Waals surface area (Å²) in [6, 6.07) is 4.27. The van der Waals surface area contributed by atoms with Crippen LogP contribution in [0.1, 0.15) is 23.2 Å². The molecule has 1 aliphatic rings. The molecule has 1 fully saturated rings. The highest BCUT2D eigenvalue weighted by Gasteiger charge is 2.29. The number of nitrogens with two attached hydrogens (primary N) is 1. The number of nitrogens with zero attached hydrogens (tertiary/aromatic N) is 1. The van der Waals surface area contributed by atoms with E-state index in [9.17, 15) is 14.0 Å². The van der Waals surface area contributed by atoms with Crippen molar-refractivity contribution in [2.24, 2.45) is 11.7 Å². The highest BCUT2D eigenvalue weighted by atomic mass is 79.9. The zero-order valence-electron chi connectivity index (χ0n) is 12.6. The van der Waals surface area contributed by atoms with Crippen molar-refractivity contribution in [2.45, 2.75) is 12.8 Å². The van der Waals surface area contributed by atoms with E-state index in [-0.39, 0.29) is 35.7 Å². The van der Waals surface area contributed by atoms with Crippen LogP contribution in [-0.4, -0.2) is 42.9 Å². The van der Waals surface area contributed by atoms with Gasteiger partial charge in [0.25, 0.3) is 5.91 Å². The Morgan fingerprint density at radius 1 is 1.43 bits per heavy atom. The van der Waals surface area contributed by atoms with E-state index in [2.05, 4.69) is 21.2 Å². The summed E-state index contributed by atoms with van der Waals surface area (Å²) >= 11 is 3.24. The zero-order valence-corrected chi connectivity index (χ0v) is 15.0. The van der Waals surface area contributed by atoms with Crippen LogP contribution in [0.15, 0.2) is 22.7 Å². The molecule has 0 radical (unpaired) electrons. The molecule has 1 atom stereocenters. The van der Waals surface area contributed by atoms with Crippen molar-refractivity contribution in [1.82, 2.24) is 10.2 Å². The van der Waals surface area contributed by atoms with Crippen LogP contribution >= 0.6 is 28.3 Å². The summed E-state index contributed by atoms with van der Waals surface area (Å²) in [6.07, 6.45) is 1.45. The number of carbonyl (C=O) groups is 2. The average Bonchev–Trinajstić information content (AvgIpc) is 2.54. The molecule has 23 heavy (non-hydrogen) atoms. The van der Waals surface area contributed by atoms with Crippen LogP contribution < -0.4 is 11.1 Å². The van der Waals surface area contributed by atoms with Gasteiger partial charge in [0.15, 0.2) is 0 Å². The Balaban J connectivity index is 0.00000264. The molecule has 1 aromatic carbocycles. The summed E-state index contributed by atoms with van der Waals surface area (Å²) in [7, 11) is 0. The molecule has 2 rings (SSSR count). The molecule has 8 heteroatoms. The van der Waals surface area contributed by atoms with E-state index in [1.54, 1.807) is 11.0 Å². The second-order valence-electron chi connectivity index (χ2n) is 5.29. The Morgan fingerprint density at radius 2 is 2.17 bits per heavy atom. The molecule has 1 aromatic rings. The van der Waals surface area contributed by atoms with Gasteiger partial charge in [0.1, 0.15) is 5.82 Å². The summed E-state index contributed by atoms with van der Waals surface area (Å²) in [5.74, 6) is -1.30. The first kappa shape index (κ1) is 19.9. The maximum atomic E-state index is 13.8. The second-order valence-corrected chi connectivity index (χ2v) is 6.21. The first-order chi connectivity index (χ1) is 10.5. The fourth-order valence-corrected chi connectivity index (χ4v) is 2.91. The van der Waals surface area contributed by atoms with E-state index < -0.39 is 5.82 Å². The summed E-state index contributed by atoms with van der Waals surface area (Å²) in [6.45, 7) is 1.64. The molecule has 0 aromatic heterocycles. The Hall–Kier alpha value is -1.18. The van der Waals surface area contributed by atoms with Crippen molar-refractivity contribution in [2.75, 3.05) is 26.2 Å². The summed E-state index contributed by atoms with van der Waals surface area (Å²) in [4.78, 5) is 26.0. The summed E-state index contributed by atoms with van der Waals surface area (Å²) < 4.78 is 14.5. The topological polar surface area (TPSA) is 75.4 Å². The molecule has 0 saturated carbocycles. The Kier molecular flexibility index (Phi) is 7.94. The van der Waals surface area contributed by atoms with Crippen molar-refractivity contribution in [3.05, 3.63) is 34.1 Å². The lowest BCUT2D eigenvalue weighted by molar-refractivity contribution is -0.126. The van der Waals surface area contributed by atoms with Crippen LogP contribution in [0.2, 0.25) is 0 Å². The van der Waals surface area contributed by atoms with Gasteiger partial charge in [-0.15, -0.1) is 12.4 Å². The molecule has 0 aliphatic carbocycles. The number of nitrogens with one attached hydrogen (secondary N) is 1. The minimum Gasteiger partial charge on any atom is -0.355 e. The van der Waals surface area contributed by atoms with Crippen LogP contribution in [0.4, 0.5) is 4.39 Å². The average molecular weight is 409 g/mol. The predicted octanol–water partition coefficient (Wildman–Crippen LogP) is 1.94.